The van der Waals surface area contributed by atoms with Crippen molar-refractivity contribution in [1.82, 2.24) is 5.32 Å². The molecule has 0 heterocycles. The van der Waals surface area contributed by atoms with E-state index in [4.69, 9.17) is 4.74 Å². The molecule has 0 aliphatic rings. The van der Waals surface area contributed by atoms with Gasteiger partial charge in [-0.1, -0.05) is 69.7 Å². The van der Waals surface area contributed by atoms with E-state index in [2.05, 4.69) is 57.3 Å². The van der Waals surface area contributed by atoms with Gasteiger partial charge in [-0.15, -0.1) is 0 Å². The molecule has 0 unspecified atom stereocenters. The van der Waals surface area contributed by atoms with E-state index in [0.29, 0.717) is 6.42 Å². The summed E-state index contributed by atoms with van der Waals surface area (Å²) >= 11 is 0. The van der Waals surface area contributed by atoms with Crippen LogP contribution in [-0.4, -0.2) is 12.0 Å². The first-order chi connectivity index (χ1) is 12.2. The number of aryl methyl sites for hydroxylation is 1. The molecule has 2 atom stereocenters. The Morgan fingerprint density at radius 2 is 1.62 bits per heavy atom. The summed E-state index contributed by atoms with van der Waals surface area (Å²) in [6.07, 6.45) is 0.122. The molecule has 3 nitrogen and oxygen atoms in total. The Morgan fingerprint density at radius 3 is 2.12 bits per heavy atom. The molecule has 0 saturated carbocycles. The van der Waals surface area contributed by atoms with Crippen LogP contribution >= 0.6 is 0 Å². The topological polar surface area (TPSA) is 38.3 Å². The molecule has 2 rings (SSSR count). The summed E-state index contributed by atoms with van der Waals surface area (Å²) < 4.78 is 5.94. The molecule has 2 aromatic rings. The molecular weight excluding hydrogens is 322 g/mol. The minimum atomic E-state index is -0.497. The number of benzene rings is 2. The molecule has 1 amide bonds. The molecule has 0 aliphatic heterocycles. The average molecular weight is 354 g/mol. The van der Waals surface area contributed by atoms with E-state index in [1.54, 1.807) is 0 Å². The average Bonchev–Trinajstić information content (AvgIpc) is 2.59. The number of ether oxygens (including phenoxy) is 1. The zero-order valence-corrected chi connectivity index (χ0v) is 16.8. The molecule has 0 aromatic heterocycles. The molecule has 0 spiro atoms. The Labute approximate surface area is 157 Å². The lowest BCUT2D eigenvalue weighted by atomic mass is 9.87. The zero-order valence-electron chi connectivity index (χ0n) is 16.8. The summed E-state index contributed by atoms with van der Waals surface area (Å²) in [4.78, 5) is 12.6. The van der Waals surface area contributed by atoms with Gasteiger partial charge in [-0.05, 0) is 48.9 Å². The first-order valence-electron chi connectivity index (χ1n) is 9.35. The zero-order chi connectivity index (χ0) is 19.3. The first-order valence-corrected chi connectivity index (χ1v) is 9.35. The Balaban J connectivity index is 2.00. The Hall–Kier alpha value is -2.29. The van der Waals surface area contributed by atoms with E-state index < -0.39 is 6.10 Å². The quantitative estimate of drug-likeness (QED) is 0.762. The summed E-state index contributed by atoms with van der Waals surface area (Å²) in [5.41, 5.74) is 3.65. The number of hydrogen-bond donors (Lipinski definition) is 1. The largest absolute Gasteiger partial charge is 0.481 e. The Kier molecular flexibility index (Phi) is 6.47. The van der Waals surface area contributed by atoms with Crippen LogP contribution in [-0.2, 0) is 10.2 Å². The second-order valence-electron chi connectivity index (χ2n) is 7.93. The standard InChI is InChI=1S/C23H31NO2/c1-7-21(26-20-14-12-19(13-15-20)23(4,5)6)22(25)24-17(3)18-10-8-16(2)9-11-18/h8-15,17,21H,7H2,1-6H3,(H,24,25)/t17-,21+/m1/s1. The van der Waals surface area contributed by atoms with E-state index in [1.165, 1.54) is 11.1 Å². The summed E-state index contributed by atoms with van der Waals surface area (Å²) in [6, 6.07) is 16.2. The minimum absolute atomic E-state index is 0.0518. The minimum Gasteiger partial charge on any atom is -0.481 e. The smallest absolute Gasteiger partial charge is 0.261 e. The van der Waals surface area contributed by atoms with Gasteiger partial charge in [0.2, 0.25) is 0 Å². The first kappa shape index (κ1) is 20.0. The van der Waals surface area contributed by atoms with E-state index in [0.717, 1.165) is 11.3 Å². The Morgan fingerprint density at radius 1 is 1.04 bits per heavy atom. The number of nitrogens with one attached hydrogen (secondary N) is 1. The van der Waals surface area contributed by atoms with Gasteiger partial charge in [0, 0.05) is 0 Å². The normalized spacial score (nSPS) is 13.8. The van der Waals surface area contributed by atoms with E-state index in [-0.39, 0.29) is 17.4 Å². The van der Waals surface area contributed by atoms with E-state index in [9.17, 15) is 4.79 Å². The molecular formula is C23H31NO2. The van der Waals surface area contributed by atoms with Gasteiger partial charge >= 0.3 is 0 Å². The van der Waals surface area contributed by atoms with Crippen LogP contribution < -0.4 is 10.1 Å². The number of carbonyl (C=O) groups excluding carboxylic acids is 1. The van der Waals surface area contributed by atoms with Gasteiger partial charge < -0.3 is 10.1 Å². The fourth-order valence-corrected chi connectivity index (χ4v) is 2.76. The van der Waals surface area contributed by atoms with Crippen molar-refractivity contribution in [3.05, 3.63) is 65.2 Å². The van der Waals surface area contributed by atoms with Crippen LogP contribution in [0, 0.1) is 6.92 Å². The third-order valence-corrected chi connectivity index (χ3v) is 4.60. The third-order valence-electron chi connectivity index (χ3n) is 4.60. The maximum atomic E-state index is 12.6. The summed E-state index contributed by atoms with van der Waals surface area (Å²) in [7, 11) is 0. The molecule has 0 fully saturated rings. The molecule has 0 saturated heterocycles. The molecule has 3 heteroatoms. The van der Waals surface area contributed by atoms with Gasteiger partial charge in [0.1, 0.15) is 5.75 Å². The Bertz CT molecular complexity index is 711. The molecule has 0 radical (unpaired) electrons. The molecule has 140 valence electrons. The number of carbonyl (C=O) groups is 1. The molecule has 1 N–H and O–H groups in total. The van der Waals surface area contributed by atoms with Gasteiger partial charge in [0.15, 0.2) is 6.10 Å². The van der Waals surface area contributed by atoms with Crippen molar-refractivity contribution in [2.24, 2.45) is 0 Å². The number of hydrogen-bond acceptors (Lipinski definition) is 2. The van der Waals surface area contributed by atoms with Crippen LogP contribution in [0.1, 0.15) is 63.8 Å². The maximum Gasteiger partial charge on any atom is 0.261 e. The van der Waals surface area contributed by atoms with Crippen LogP contribution in [0.2, 0.25) is 0 Å². The highest BCUT2D eigenvalue weighted by Gasteiger charge is 2.21. The van der Waals surface area contributed by atoms with Crippen LogP contribution in [0.4, 0.5) is 0 Å². The van der Waals surface area contributed by atoms with Crippen molar-refractivity contribution in [1.29, 1.82) is 0 Å². The van der Waals surface area contributed by atoms with Crippen molar-refractivity contribution in [2.75, 3.05) is 0 Å². The van der Waals surface area contributed by atoms with Gasteiger partial charge in [0.25, 0.3) is 5.91 Å². The van der Waals surface area contributed by atoms with Crippen molar-refractivity contribution >= 4 is 5.91 Å². The predicted octanol–water partition coefficient (Wildman–Crippen LogP) is 5.33. The second kappa shape index (κ2) is 8.39. The summed E-state index contributed by atoms with van der Waals surface area (Å²) in [5, 5.41) is 3.06. The van der Waals surface area contributed by atoms with Crippen molar-refractivity contribution < 1.29 is 9.53 Å². The molecule has 26 heavy (non-hydrogen) atoms. The monoisotopic (exact) mass is 353 g/mol. The van der Waals surface area contributed by atoms with Gasteiger partial charge in [-0.25, -0.2) is 0 Å². The van der Waals surface area contributed by atoms with Crippen LogP contribution in [0.5, 0.6) is 5.75 Å². The lowest BCUT2D eigenvalue weighted by Gasteiger charge is -2.22. The fourth-order valence-electron chi connectivity index (χ4n) is 2.76. The van der Waals surface area contributed by atoms with Crippen molar-refractivity contribution in [3.63, 3.8) is 0 Å². The van der Waals surface area contributed by atoms with Gasteiger partial charge in [-0.2, -0.15) is 0 Å². The predicted molar refractivity (Wildman–Crippen MR) is 108 cm³/mol. The molecule has 0 bridgehead atoms. The van der Waals surface area contributed by atoms with Crippen LogP contribution in [0.25, 0.3) is 0 Å². The van der Waals surface area contributed by atoms with Crippen molar-refractivity contribution in [3.8, 4) is 5.75 Å². The summed E-state index contributed by atoms with van der Waals surface area (Å²) in [6.45, 7) is 12.5. The summed E-state index contributed by atoms with van der Waals surface area (Å²) in [5.74, 6) is 0.642. The molecule has 0 aliphatic carbocycles. The second-order valence-corrected chi connectivity index (χ2v) is 7.93. The third kappa shape index (κ3) is 5.35. The maximum absolute atomic E-state index is 12.6. The van der Waals surface area contributed by atoms with E-state index >= 15 is 0 Å². The SMILES string of the molecule is CC[C@H](Oc1ccc(C(C)(C)C)cc1)C(=O)N[C@H](C)c1ccc(C)cc1. The lowest BCUT2D eigenvalue weighted by Crippen LogP contribution is -2.39. The highest BCUT2D eigenvalue weighted by Crippen LogP contribution is 2.25. The fraction of sp³-hybridized carbons (Fsp3) is 0.435. The molecule has 2 aromatic carbocycles. The highest BCUT2D eigenvalue weighted by molar-refractivity contribution is 5.81. The number of amides is 1. The van der Waals surface area contributed by atoms with Gasteiger partial charge in [0.05, 0.1) is 6.04 Å². The van der Waals surface area contributed by atoms with Crippen LogP contribution in [0.15, 0.2) is 48.5 Å². The number of rotatable bonds is 6. The van der Waals surface area contributed by atoms with Crippen molar-refractivity contribution in [2.45, 2.75) is 65.5 Å². The lowest BCUT2D eigenvalue weighted by molar-refractivity contribution is -0.128. The van der Waals surface area contributed by atoms with Crippen LogP contribution in [0.3, 0.4) is 0 Å². The van der Waals surface area contributed by atoms with Gasteiger partial charge in [-0.3, -0.25) is 4.79 Å². The van der Waals surface area contributed by atoms with E-state index in [1.807, 2.05) is 38.1 Å². The highest BCUT2D eigenvalue weighted by atomic mass is 16.5.